The van der Waals surface area contributed by atoms with Gasteiger partial charge in [-0.15, -0.1) is 0 Å². The lowest BCUT2D eigenvalue weighted by molar-refractivity contribution is -0.335. The number of fused-ring (bicyclic) bond motifs is 3. The lowest BCUT2D eigenvalue weighted by Gasteiger charge is -2.63. The first kappa shape index (κ1) is 34.8. The van der Waals surface area contributed by atoms with Crippen molar-refractivity contribution in [3.05, 3.63) is 0 Å². The van der Waals surface area contributed by atoms with Gasteiger partial charge in [0, 0.05) is 0 Å². The van der Waals surface area contributed by atoms with Gasteiger partial charge in [0.25, 0.3) is 0 Å². The average molecular weight is 661 g/mol. The van der Waals surface area contributed by atoms with E-state index in [0.29, 0.717) is 19.3 Å². The maximum absolute atomic E-state index is 14.0. The van der Waals surface area contributed by atoms with Gasteiger partial charge in [0.1, 0.15) is 48.8 Å². The molecule has 0 aromatic heterocycles. The summed E-state index contributed by atoms with van der Waals surface area (Å²) >= 11 is 0. The van der Waals surface area contributed by atoms with E-state index in [2.05, 4.69) is 6.92 Å². The molecule has 264 valence electrons. The Balaban J connectivity index is 1.22. The van der Waals surface area contributed by atoms with Crippen molar-refractivity contribution >= 4 is 5.97 Å². The first-order valence-electron chi connectivity index (χ1n) is 16.8. The normalized spacial score (nSPS) is 55.3. The number of hydrogen-bond donors (Lipinski definition) is 9. The van der Waals surface area contributed by atoms with Crippen molar-refractivity contribution in [2.24, 2.45) is 34.0 Å². The maximum Gasteiger partial charge on any atom is 0.314 e. The number of ether oxygens (including phenoxy) is 4. The molecular formula is C32H52O14. The zero-order valence-corrected chi connectivity index (χ0v) is 26.6. The second kappa shape index (κ2) is 12.4. The van der Waals surface area contributed by atoms with Crippen molar-refractivity contribution in [2.75, 3.05) is 19.8 Å². The van der Waals surface area contributed by atoms with Crippen LogP contribution in [0.4, 0.5) is 0 Å². The molecule has 2 heterocycles. The van der Waals surface area contributed by atoms with E-state index in [1.54, 1.807) is 0 Å². The number of rotatable bonds is 7. The van der Waals surface area contributed by atoms with Gasteiger partial charge in [0.05, 0.1) is 30.8 Å². The minimum absolute atomic E-state index is 0.0487. The summed E-state index contributed by atoms with van der Waals surface area (Å²) in [5.74, 6) is -0.498. The molecule has 0 amide bonds. The first-order valence-corrected chi connectivity index (χ1v) is 16.8. The Bertz CT molecular complexity index is 1120. The van der Waals surface area contributed by atoms with Crippen LogP contribution in [0.5, 0.6) is 0 Å². The Morgan fingerprint density at radius 1 is 0.739 bits per heavy atom. The van der Waals surface area contributed by atoms with E-state index in [1.807, 2.05) is 6.92 Å². The average Bonchev–Trinajstić information content (AvgIpc) is 3.26. The minimum Gasteiger partial charge on any atom is -0.432 e. The van der Waals surface area contributed by atoms with E-state index in [4.69, 9.17) is 18.9 Å². The molecule has 9 N–H and O–H groups in total. The molecule has 0 aromatic rings. The molecule has 2 aliphatic heterocycles. The first-order chi connectivity index (χ1) is 21.7. The summed E-state index contributed by atoms with van der Waals surface area (Å²) in [5.41, 5.74) is -2.49. The number of aliphatic hydroxyl groups is 9. The Hall–Kier alpha value is -1.01. The Morgan fingerprint density at radius 3 is 1.96 bits per heavy atom. The monoisotopic (exact) mass is 660 g/mol. The molecule has 6 fully saturated rings. The quantitative estimate of drug-likeness (QED) is 0.138. The van der Waals surface area contributed by atoms with E-state index in [-0.39, 0.29) is 35.2 Å². The summed E-state index contributed by atoms with van der Waals surface area (Å²) < 4.78 is 23.3. The second-order valence-corrected chi connectivity index (χ2v) is 15.6. The molecule has 0 unspecified atom stereocenters. The molecule has 2 bridgehead atoms. The van der Waals surface area contributed by atoms with Crippen LogP contribution in [-0.2, 0) is 23.7 Å². The molecule has 46 heavy (non-hydrogen) atoms. The van der Waals surface area contributed by atoms with Crippen LogP contribution >= 0.6 is 0 Å². The van der Waals surface area contributed by atoms with E-state index < -0.39 is 91.6 Å². The number of esters is 1. The van der Waals surface area contributed by atoms with Gasteiger partial charge in [0.2, 0.25) is 6.29 Å². The third kappa shape index (κ3) is 5.18. The Morgan fingerprint density at radius 2 is 1.35 bits per heavy atom. The van der Waals surface area contributed by atoms with Crippen LogP contribution in [0, 0.1) is 34.0 Å². The van der Waals surface area contributed by atoms with Gasteiger partial charge in [-0.1, -0.05) is 13.3 Å². The van der Waals surface area contributed by atoms with Gasteiger partial charge in [0.15, 0.2) is 6.29 Å². The fourth-order valence-corrected chi connectivity index (χ4v) is 11.0. The van der Waals surface area contributed by atoms with Crippen LogP contribution < -0.4 is 0 Å². The van der Waals surface area contributed by atoms with Gasteiger partial charge in [-0.3, -0.25) is 4.79 Å². The zero-order valence-electron chi connectivity index (χ0n) is 26.6. The zero-order chi connectivity index (χ0) is 33.4. The van der Waals surface area contributed by atoms with Gasteiger partial charge in [-0.2, -0.15) is 0 Å². The molecule has 4 saturated carbocycles. The minimum atomic E-state index is -1.68. The number of aliphatic hydroxyl groups excluding tert-OH is 9. The topological polar surface area (TPSA) is 236 Å². The lowest BCUT2D eigenvalue weighted by atomic mass is 9.41. The predicted octanol–water partition coefficient (Wildman–Crippen LogP) is -1.71. The van der Waals surface area contributed by atoms with Crippen LogP contribution in [0.25, 0.3) is 0 Å². The van der Waals surface area contributed by atoms with E-state index >= 15 is 0 Å². The van der Waals surface area contributed by atoms with Crippen molar-refractivity contribution in [1.82, 2.24) is 0 Å². The molecule has 4 aliphatic carbocycles. The fourth-order valence-electron chi connectivity index (χ4n) is 11.0. The predicted molar refractivity (Wildman–Crippen MR) is 155 cm³/mol. The third-order valence-electron chi connectivity index (χ3n) is 13.3. The number of carbonyl (C=O) groups excluding carboxylic acids is 1. The van der Waals surface area contributed by atoms with Crippen molar-refractivity contribution in [2.45, 2.75) is 139 Å². The highest BCUT2D eigenvalue weighted by Crippen LogP contribution is 2.73. The third-order valence-corrected chi connectivity index (χ3v) is 13.3. The molecule has 14 heteroatoms. The second-order valence-electron chi connectivity index (χ2n) is 15.6. The molecule has 14 nitrogen and oxygen atoms in total. The molecule has 17 atom stereocenters. The summed E-state index contributed by atoms with van der Waals surface area (Å²) in [4.78, 5) is 14.0. The molecule has 6 rings (SSSR count). The van der Waals surface area contributed by atoms with Crippen LogP contribution in [0.3, 0.4) is 0 Å². The largest absolute Gasteiger partial charge is 0.432 e. The number of carbonyl (C=O) groups is 1. The highest BCUT2D eigenvalue weighted by atomic mass is 16.7. The molecular weight excluding hydrogens is 608 g/mol. The van der Waals surface area contributed by atoms with Crippen LogP contribution in [0.15, 0.2) is 0 Å². The SMILES string of the molecule is C[C@]12CCC[C@](C)(C(=O)O[C@H]3O[C@@H](CO)[C@H](O)[C@@H](O)[C@@H]3O)[C@H]1CC[C@]13C[C@H](CC[C@H]12)[C@@](CO)(O[C@H]1O[C@@H](CO)[C@H](O)[C@@H](O)[C@@H]1O)C3. The fraction of sp³-hybridized carbons (Fsp3) is 0.969. The molecule has 2 saturated heterocycles. The van der Waals surface area contributed by atoms with Crippen LogP contribution in [-0.4, -0.2) is 139 Å². The molecule has 6 aliphatic rings. The number of hydrogen-bond acceptors (Lipinski definition) is 14. The van der Waals surface area contributed by atoms with Crippen LogP contribution in [0.1, 0.15) is 71.6 Å². The van der Waals surface area contributed by atoms with E-state index in [1.165, 1.54) is 0 Å². The highest BCUT2D eigenvalue weighted by Gasteiger charge is 2.70. The molecule has 0 aromatic carbocycles. The van der Waals surface area contributed by atoms with Crippen molar-refractivity contribution in [3.63, 3.8) is 0 Å². The smallest absolute Gasteiger partial charge is 0.314 e. The summed E-state index contributed by atoms with van der Waals surface area (Å²) in [6.07, 6.45) is -8.26. The summed E-state index contributed by atoms with van der Waals surface area (Å²) in [5, 5.41) is 92.4. The van der Waals surface area contributed by atoms with E-state index in [9.17, 15) is 50.8 Å². The van der Waals surface area contributed by atoms with Gasteiger partial charge in [-0.05, 0) is 86.9 Å². The summed E-state index contributed by atoms with van der Waals surface area (Å²) in [6, 6.07) is 0. The van der Waals surface area contributed by atoms with Gasteiger partial charge >= 0.3 is 5.97 Å². The van der Waals surface area contributed by atoms with Crippen molar-refractivity contribution in [3.8, 4) is 0 Å². The van der Waals surface area contributed by atoms with Crippen LogP contribution in [0.2, 0.25) is 0 Å². The summed E-state index contributed by atoms with van der Waals surface area (Å²) in [6.45, 7) is 2.59. The van der Waals surface area contributed by atoms with Gasteiger partial charge in [-0.25, -0.2) is 0 Å². The van der Waals surface area contributed by atoms with Gasteiger partial charge < -0.3 is 64.9 Å². The maximum atomic E-state index is 14.0. The Labute approximate surface area is 268 Å². The lowest BCUT2D eigenvalue weighted by Crippen LogP contribution is -2.62. The van der Waals surface area contributed by atoms with E-state index in [0.717, 1.165) is 38.5 Å². The highest BCUT2D eigenvalue weighted by molar-refractivity contribution is 5.77. The molecule has 0 radical (unpaired) electrons. The Kier molecular flexibility index (Phi) is 9.39. The van der Waals surface area contributed by atoms with Crippen molar-refractivity contribution < 1.29 is 69.7 Å². The molecule has 1 spiro atoms. The van der Waals surface area contributed by atoms with Crippen molar-refractivity contribution in [1.29, 1.82) is 0 Å². The standard InChI is InChI=1S/C32H52O14/c1-29-7-3-8-30(2,28(42)45-26-24(40)22(38)20(36)16(11-33)43-26)18(29)6-9-31-10-15(4-5-19(29)31)32(13-31,14-35)46-27-25(41)23(39)21(37)17(12-34)44-27/h15-27,33-41H,3-14H2,1-2H3/t15-,16-,17-,18-,19-,20-,21-,22+,23+,24-,25-,26+,27+,29-,30-,31+,32+/m0/s1. The summed E-state index contributed by atoms with van der Waals surface area (Å²) in [7, 11) is 0.